The van der Waals surface area contributed by atoms with Crippen molar-refractivity contribution in [3.63, 3.8) is 0 Å². The van der Waals surface area contributed by atoms with Crippen LogP contribution in [0.1, 0.15) is 17.5 Å². The van der Waals surface area contributed by atoms with Crippen LogP contribution in [0.25, 0.3) is 0 Å². The molecular weight excluding hydrogens is 378 g/mol. The van der Waals surface area contributed by atoms with E-state index in [0.717, 1.165) is 11.1 Å². The third-order valence-electron chi connectivity index (χ3n) is 3.46. The molecule has 0 heterocycles. The van der Waals surface area contributed by atoms with E-state index in [9.17, 15) is 14.4 Å². The van der Waals surface area contributed by atoms with Gasteiger partial charge in [0.2, 0.25) is 5.96 Å². The first-order valence-corrected chi connectivity index (χ1v) is 8.74. The summed E-state index contributed by atoms with van der Waals surface area (Å²) in [5.74, 6) is -1.33. The lowest BCUT2D eigenvalue weighted by Gasteiger charge is -2.11. The van der Waals surface area contributed by atoms with Crippen molar-refractivity contribution in [1.29, 1.82) is 0 Å². The van der Waals surface area contributed by atoms with E-state index in [1.807, 2.05) is 12.1 Å². The van der Waals surface area contributed by atoms with Gasteiger partial charge in [-0.15, -0.1) is 0 Å². The molecule has 3 N–H and O–H groups in total. The largest absolute Gasteiger partial charge is 0.481 e. The minimum absolute atomic E-state index is 0.0214. The second-order valence-corrected chi connectivity index (χ2v) is 5.75. The van der Waals surface area contributed by atoms with Crippen molar-refractivity contribution in [2.45, 2.75) is 19.6 Å². The van der Waals surface area contributed by atoms with Crippen LogP contribution in [-0.2, 0) is 27.5 Å². The molecule has 0 fully saturated rings. The topological polar surface area (TPSA) is 126 Å². The van der Waals surface area contributed by atoms with Gasteiger partial charge in [-0.3, -0.25) is 20.4 Å². The van der Waals surface area contributed by atoms with Gasteiger partial charge in [-0.2, -0.15) is 0 Å². The van der Waals surface area contributed by atoms with Gasteiger partial charge in [0, 0.05) is 0 Å². The van der Waals surface area contributed by atoms with E-state index in [1.165, 1.54) is 0 Å². The summed E-state index contributed by atoms with van der Waals surface area (Å²) in [4.78, 5) is 38.4. The Morgan fingerprint density at radius 2 is 1.24 bits per heavy atom. The Morgan fingerprint density at radius 1 is 0.793 bits per heavy atom. The molecule has 2 aromatic rings. The fraction of sp³-hybridized carbons (Fsp3) is 0.200. The molecule has 0 aliphatic heterocycles. The van der Waals surface area contributed by atoms with Crippen LogP contribution < -0.4 is 10.6 Å². The van der Waals surface area contributed by atoms with Crippen LogP contribution in [0.3, 0.4) is 0 Å². The Balaban J connectivity index is 1.88. The minimum Gasteiger partial charge on any atom is -0.481 e. The maximum atomic E-state index is 12.0. The normalized spacial score (nSPS) is 9.79. The van der Waals surface area contributed by atoms with Crippen molar-refractivity contribution in [2.75, 3.05) is 6.54 Å². The number of nitrogens with zero attached hydrogens (tertiary/aromatic N) is 1. The van der Waals surface area contributed by atoms with Gasteiger partial charge in [-0.25, -0.2) is 9.59 Å². The van der Waals surface area contributed by atoms with E-state index in [-0.39, 0.29) is 32.1 Å². The lowest BCUT2D eigenvalue weighted by Crippen LogP contribution is -2.44. The summed E-state index contributed by atoms with van der Waals surface area (Å²) in [6, 6.07) is 18.0. The van der Waals surface area contributed by atoms with Gasteiger partial charge in [0.05, 0.1) is 13.0 Å². The van der Waals surface area contributed by atoms with Crippen molar-refractivity contribution in [1.82, 2.24) is 10.6 Å². The first-order valence-electron chi connectivity index (χ1n) is 8.74. The Labute approximate surface area is 167 Å². The number of aliphatic imine (C=N–C) groups is 1. The lowest BCUT2D eigenvalue weighted by atomic mass is 10.2. The highest BCUT2D eigenvalue weighted by molar-refractivity contribution is 6.01. The molecule has 9 heteroatoms. The molecule has 29 heavy (non-hydrogen) atoms. The van der Waals surface area contributed by atoms with Crippen molar-refractivity contribution in [2.24, 2.45) is 4.99 Å². The van der Waals surface area contributed by atoms with Crippen LogP contribution in [-0.4, -0.2) is 35.8 Å². The van der Waals surface area contributed by atoms with E-state index >= 15 is 0 Å². The van der Waals surface area contributed by atoms with Crippen LogP contribution in [0.2, 0.25) is 0 Å². The quantitative estimate of drug-likeness (QED) is 0.485. The molecule has 0 aliphatic rings. The highest BCUT2D eigenvalue weighted by atomic mass is 16.6. The lowest BCUT2D eigenvalue weighted by molar-refractivity contribution is -0.136. The maximum absolute atomic E-state index is 12.0. The summed E-state index contributed by atoms with van der Waals surface area (Å²) in [6.07, 6.45) is -1.98. The fourth-order valence-corrected chi connectivity index (χ4v) is 2.09. The van der Waals surface area contributed by atoms with Crippen molar-refractivity contribution in [3.05, 3.63) is 71.8 Å². The van der Waals surface area contributed by atoms with Gasteiger partial charge in [-0.05, 0) is 11.1 Å². The zero-order chi connectivity index (χ0) is 20.9. The third-order valence-corrected chi connectivity index (χ3v) is 3.46. The van der Waals surface area contributed by atoms with Gasteiger partial charge in [0.25, 0.3) is 0 Å². The number of hydrogen-bond donors (Lipinski definition) is 3. The predicted molar refractivity (Wildman–Crippen MR) is 104 cm³/mol. The molecule has 0 radical (unpaired) electrons. The number of carboxylic acids is 1. The number of hydrogen-bond acceptors (Lipinski definition) is 6. The molecule has 0 atom stereocenters. The second-order valence-electron chi connectivity index (χ2n) is 5.75. The van der Waals surface area contributed by atoms with Crippen LogP contribution >= 0.6 is 0 Å². The molecule has 0 spiro atoms. The molecule has 2 amide bonds. The second kappa shape index (κ2) is 11.8. The first kappa shape index (κ1) is 21.4. The Hall–Kier alpha value is -3.88. The Morgan fingerprint density at radius 3 is 1.66 bits per heavy atom. The number of guanidine groups is 1. The molecule has 152 valence electrons. The molecule has 0 aliphatic carbocycles. The maximum Gasteiger partial charge on any atom is 0.414 e. The van der Waals surface area contributed by atoms with Gasteiger partial charge in [0.15, 0.2) is 0 Å². The summed E-state index contributed by atoms with van der Waals surface area (Å²) < 4.78 is 10.1. The van der Waals surface area contributed by atoms with Gasteiger partial charge < -0.3 is 14.6 Å². The van der Waals surface area contributed by atoms with Crippen molar-refractivity contribution in [3.8, 4) is 0 Å². The molecule has 2 rings (SSSR count). The molecule has 0 bridgehead atoms. The minimum atomic E-state index is -1.06. The molecule has 9 nitrogen and oxygen atoms in total. The van der Waals surface area contributed by atoms with E-state index in [1.54, 1.807) is 48.5 Å². The fourth-order valence-electron chi connectivity index (χ4n) is 2.09. The van der Waals surface area contributed by atoms with Crippen molar-refractivity contribution < 1.29 is 29.0 Å². The number of carbonyl (C=O) groups is 3. The predicted octanol–water partition coefficient (Wildman–Crippen LogP) is 2.67. The number of carbonyl (C=O) groups excluding carboxylic acids is 2. The number of nitrogens with one attached hydrogen (secondary N) is 2. The number of ether oxygens (including phenoxy) is 2. The first-order chi connectivity index (χ1) is 14.0. The highest BCUT2D eigenvalue weighted by Crippen LogP contribution is 2.01. The standard InChI is InChI=1S/C20H21N3O6/c24-17(25)11-12-21-18(22-19(26)28-13-15-7-3-1-4-8-15)23-20(27)29-14-16-9-5-2-6-10-16/h1-10H,11-14H2,(H,24,25)(H2,21,22,23,26,27). The Kier molecular flexibility index (Phi) is 8.68. The summed E-state index contributed by atoms with van der Waals surface area (Å²) in [7, 11) is 0. The van der Waals surface area contributed by atoms with E-state index < -0.39 is 18.2 Å². The zero-order valence-electron chi connectivity index (χ0n) is 15.5. The number of rotatable bonds is 7. The van der Waals surface area contributed by atoms with Crippen LogP contribution in [0.15, 0.2) is 65.7 Å². The summed E-state index contributed by atoms with van der Waals surface area (Å²) >= 11 is 0. The Bertz CT molecular complexity index is 780. The number of amides is 2. The van der Waals surface area contributed by atoms with Gasteiger partial charge in [-0.1, -0.05) is 60.7 Å². The number of carboxylic acid groups (broad SMARTS) is 1. The molecule has 0 unspecified atom stereocenters. The SMILES string of the molecule is O=C(O)CCN=C(NC(=O)OCc1ccccc1)NC(=O)OCc1ccccc1. The zero-order valence-corrected chi connectivity index (χ0v) is 15.5. The van der Waals surface area contributed by atoms with E-state index in [4.69, 9.17) is 14.6 Å². The molecular formula is C20H21N3O6. The summed E-state index contributed by atoms with van der Waals surface area (Å²) in [5.41, 5.74) is 1.56. The molecule has 0 saturated carbocycles. The smallest absolute Gasteiger partial charge is 0.414 e. The van der Waals surface area contributed by atoms with E-state index in [0.29, 0.717) is 0 Å². The third kappa shape index (κ3) is 9.05. The highest BCUT2D eigenvalue weighted by Gasteiger charge is 2.12. The summed E-state index contributed by atoms with van der Waals surface area (Å²) in [6.45, 7) is -0.107. The van der Waals surface area contributed by atoms with Crippen LogP contribution in [0.4, 0.5) is 9.59 Å². The molecule has 2 aromatic carbocycles. The van der Waals surface area contributed by atoms with Crippen LogP contribution in [0.5, 0.6) is 0 Å². The molecule has 0 aromatic heterocycles. The summed E-state index contributed by atoms with van der Waals surface area (Å²) in [5, 5.41) is 13.3. The van der Waals surface area contributed by atoms with E-state index in [2.05, 4.69) is 15.6 Å². The average molecular weight is 399 g/mol. The van der Waals surface area contributed by atoms with Gasteiger partial charge >= 0.3 is 18.2 Å². The number of alkyl carbamates (subject to hydrolysis) is 2. The average Bonchev–Trinajstić information content (AvgIpc) is 2.72. The van der Waals surface area contributed by atoms with Gasteiger partial charge in [0.1, 0.15) is 13.2 Å². The monoisotopic (exact) mass is 399 g/mol. The van der Waals surface area contributed by atoms with Crippen molar-refractivity contribution >= 4 is 24.1 Å². The van der Waals surface area contributed by atoms with Crippen LogP contribution in [0, 0.1) is 0 Å². The number of aliphatic carboxylic acids is 1. The number of benzene rings is 2. The molecule has 0 saturated heterocycles.